The van der Waals surface area contributed by atoms with E-state index in [1.807, 2.05) is 12.1 Å². The zero-order valence-corrected chi connectivity index (χ0v) is 12.0. The van der Waals surface area contributed by atoms with Crippen LogP contribution in [0.2, 0.25) is 5.02 Å². The van der Waals surface area contributed by atoms with Crippen LogP contribution in [-0.2, 0) is 24.4 Å². The first-order valence-electron chi connectivity index (χ1n) is 6.41. The van der Waals surface area contributed by atoms with Gasteiger partial charge in [-0.25, -0.2) is 0 Å². The van der Waals surface area contributed by atoms with E-state index in [9.17, 15) is 9.90 Å². The summed E-state index contributed by atoms with van der Waals surface area (Å²) >= 11 is 6.07. The zero-order valence-electron chi connectivity index (χ0n) is 11.3. The minimum atomic E-state index is -0.892. The Morgan fingerprint density at radius 3 is 2.38 bits per heavy atom. The van der Waals surface area contributed by atoms with E-state index in [1.165, 1.54) is 0 Å². The molecule has 0 spiro atoms. The summed E-state index contributed by atoms with van der Waals surface area (Å²) in [6.07, 6.45) is -0.0606. The van der Waals surface area contributed by atoms with Gasteiger partial charge < -0.3 is 14.9 Å². The van der Waals surface area contributed by atoms with Crippen molar-refractivity contribution in [2.45, 2.75) is 19.6 Å². The molecule has 0 saturated heterocycles. The summed E-state index contributed by atoms with van der Waals surface area (Å²) in [5.74, 6) is -0.469. The summed E-state index contributed by atoms with van der Waals surface area (Å²) < 4.78 is 5.68. The molecule has 0 aliphatic heterocycles. The van der Waals surface area contributed by atoms with E-state index >= 15 is 0 Å². The maximum absolute atomic E-state index is 10.9. The fourth-order valence-electron chi connectivity index (χ4n) is 2.02. The van der Waals surface area contributed by atoms with Crippen LogP contribution in [0.15, 0.2) is 42.5 Å². The van der Waals surface area contributed by atoms with E-state index in [-0.39, 0.29) is 19.6 Å². The summed E-state index contributed by atoms with van der Waals surface area (Å²) in [6, 6.07) is 12.3. The van der Waals surface area contributed by atoms with Crippen molar-refractivity contribution in [3.63, 3.8) is 0 Å². The van der Waals surface area contributed by atoms with E-state index in [1.54, 1.807) is 30.3 Å². The second-order valence-corrected chi connectivity index (χ2v) is 4.92. The average molecular weight is 307 g/mol. The fraction of sp³-hybridized carbons (Fsp3) is 0.188. The lowest BCUT2D eigenvalue weighted by molar-refractivity contribution is -0.136. The third-order valence-electron chi connectivity index (χ3n) is 3.05. The molecule has 4 nitrogen and oxygen atoms in total. The zero-order chi connectivity index (χ0) is 15.2. The highest BCUT2D eigenvalue weighted by molar-refractivity contribution is 6.32. The molecule has 0 unspecified atom stereocenters. The van der Waals surface area contributed by atoms with Gasteiger partial charge in [-0.1, -0.05) is 48.0 Å². The molecule has 0 saturated carbocycles. The highest BCUT2D eigenvalue weighted by Gasteiger charge is 2.10. The number of carbonyl (C=O) groups is 1. The van der Waals surface area contributed by atoms with Gasteiger partial charge in [-0.15, -0.1) is 0 Å². The molecular weight excluding hydrogens is 292 g/mol. The van der Waals surface area contributed by atoms with Gasteiger partial charge in [0.2, 0.25) is 0 Å². The average Bonchev–Trinajstić information content (AvgIpc) is 2.46. The van der Waals surface area contributed by atoms with Crippen molar-refractivity contribution in [3.05, 3.63) is 64.2 Å². The van der Waals surface area contributed by atoms with Crippen LogP contribution < -0.4 is 4.74 Å². The molecular formula is C16H15ClO4. The largest absolute Gasteiger partial charge is 0.487 e. The number of carboxylic acid groups (broad SMARTS) is 1. The van der Waals surface area contributed by atoms with Gasteiger partial charge in [0.1, 0.15) is 12.4 Å². The summed E-state index contributed by atoms with van der Waals surface area (Å²) in [4.78, 5) is 10.9. The van der Waals surface area contributed by atoms with Gasteiger partial charge in [-0.2, -0.15) is 0 Å². The number of aliphatic carboxylic acids is 1. The molecule has 0 atom stereocenters. The molecule has 110 valence electrons. The molecule has 2 N–H and O–H groups in total. The van der Waals surface area contributed by atoms with Crippen molar-refractivity contribution in [3.8, 4) is 5.75 Å². The van der Waals surface area contributed by atoms with Crippen LogP contribution in [0.3, 0.4) is 0 Å². The van der Waals surface area contributed by atoms with Crippen LogP contribution >= 0.6 is 11.6 Å². The Morgan fingerprint density at radius 2 is 1.71 bits per heavy atom. The Labute approximate surface area is 127 Å². The predicted octanol–water partition coefficient (Wildman–Crippen LogP) is 3.04. The number of rotatable bonds is 6. The Morgan fingerprint density at radius 1 is 1.05 bits per heavy atom. The fourth-order valence-corrected chi connectivity index (χ4v) is 2.27. The molecule has 0 bridgehead atoms. The third-order valence-corrected chi connectivity index (χ3v) is 3.35. The molecule has 0 amide bonds. The summed E-state index contributed by atoms with van der Waals surface area (Å²) in [5, 5.41) is 18.6. The van der Waals surface area contributed by atoms with Crippen molar-refractivity contribution in [1.82, 2.24) is 0 Å². The summed E-state index contributed by atoms with van der Waals surface area (Å²) in [7, 11) is 0. The number of halogens is 1. The van der Waals surface area contributed by atoms with Crippen molar-refractivity contribution in [2.75, 3.05) is 0 Å². The minimum Gasteiger partial charge on any atom is -0.487 e. The number of carboxylic acids is 1. The van der Waals surface area contributed by atoms with Gasteiger partial charge >= 0.3 is 5.97 Å². The van der Waals surface area contributed by atoms with Crippen molar-refractivity contribution in [2.24, 2.45) is 0 Å². The van der Waals surface area contributed by atoms with Crippen molar-refractivity contribution >= 4 is 17.6 Å². The first kappa shape index (κ1) is 15.4. The van der Waals surface area contributed by atoms with E-state index in [4.69, 9.17) is 21.4 Å². The van der Waals surface area contributed by atoms with Crippen LogP contribution in [0.4, 0.5) is 0 Å². The number of aliphatic hydroxyl groups is 1. The molecule has 0 aliphatic carbocycles. The van der Waals surface area contributed by atoms with Gasteiger partial charge in [0.15, 0.2) is 0 Å². The third kappa shape index (κ3) is 3.97. The number of hydrogen-bond donors (Lipinski definition) is 2. The topological polar surface area (TPSA) is 66.8 Å². The molecule has 2 aromatic carbocycles. The Hall–Kier alpha value is -2.04. The highest BCUT2D eigenvalue weighted by atomic mass is 35.5. The summed E-state index contributed by atoms with van der Waals surface area (Å²) in [5.41, 5.74) is 2.07. The van der Waals surface area contributed by atoms with Gasteiger partial charge in [0, 0.05) is 5.56 Å². The monoisotopic (exact) mass is 306 g/mol. The number of hydrogen-bond acceptors (Lipinski definition) is 3. The lowest BCUT2D eigenvalue weighted by atomic mass is 10.1. The second-order valence-electron chi connectivity index (χ2n) is 4.51. The van der Waals surface area contributed by atoms with Crippen molar-refractivity contribution in [1.29, 1.82) is 0 Å². The predicted molar refractivity (Wildman–Crippen MR) is 79.5 cm³/mol. The van der Waals surface area contributed by atoms with Gasteiger partial charge in [-0.3, -0.25) is 4.79 Å². The molecule has 0 heterocycles. The first-order chi connectivity index (χ1) is 10.1. The Balaban J connectivity index is 2.19. The lowest BCUT2D eigenvalue weighted by Gasteiger charge is -2.13. The van der Waals surface area contributed by atoms with Crippen LogP contribution in [-0.4, -0.2) is 16.2 Å². The molecule has 0 radical (unpaired) electrons. The van der Waals surface area contributed by atoms with E-state index < -0.39 is 5.97 Å². The smallest absolute Gasteiger partial charge is 0.307 e. The molecule has 0 aromatic heterocycles. The number of para-hydroxylation sites is 1. The molecule has 0 aliphatic rings. The second kappa shape index (κ2) is 7.11. The quantitative estimate of drug-likeness (QED) is 0.861. The van der Waals surface area contributed by atoms with E-state index in [2.05, 4.69) is 0 Å². The molecule has 0 fully saturated rings. The number of benzene rings is 2. The maximum Gasteiger partial charge on any atom is 0.307 e. The van der Waals surface area contributed by atoms with Gasteiger partial charge in [-0.05, 0) is 17.2 Å². The van der Waals surface area contributed by atoms with Crippen LogP contribution in [0.5, 0.6) is 5.75 Å². The molecule has 5 heteroatoms. The molecule has 2 aromatic rings. The van der Waals surface area contributed by atoms with Crippen LogP contribution in [0.1, 0.15) is 16.7 Å². The van der Waals surface area contributed by atoms with Crippen LogP contribution in [0.25, 0.3) is 0 Å². The van der Waals surface area contributed by atoms with E-state index in [0.29, 0.717) is 21.9 Å². The first-order valence-corrected chi connectivity index (χ1v) is 6.79. The Kier molecular flexibility index (Phi) is 5.20. The van der Waals surface area contributed by atoms with Gasteiger partial charge in [0.05, 0.1) is 18.1 Å². The number of aliphatic hydroxyl groups excluding tert-OH is 1. The minimum absolute atomic E-state index is 0.0606. The Bertz CT molecular complexity index is 640. The standard InChI is InChI=1S/C16H15ClO4/c17-14-7-3-6-12(9-18)16(14)21-10-13-5-2-1-4-11(13)8-15(19)20/h1-7,18H,8-10H2,(H,19,20). The van der Waals surface area contributed by atoms with E-state index in [0.717, 1.165) is 5.56 Å². The number of ether oxygens (including phenoxy) is 1. The van der Waals surface area contributed by atoms with Crippen LogP contribution in [0, 0.1) is 0 Å². The molecule has 2 rings (SSSR count). The van der Waals surface area contributed by atoms with Crippen molar-refractivity contribution < 1.29 is 19.7 Å². The lowest BCUT2D eigenvalue weighted by Crippen LogP contribution is -2.06. The highest BCUT2D eigenvalue weighted by Crippen LogP contribution is 2.29. The van der Waals surface area contributed by atoms with Gasteiger partial charge in [0.25, 0.3) is 0 Å². The molecule has 21 heavy (non-hydrogen) atoms. The maximum atomic E-state index is 10.9. The SMILES string of the molecule is O=C(O)Cc1ccccc1COc1c(Cl)cccc1CO. The normalized spacial score (nSPS) is 10.4. The summed E-state index contributed by atoms with van der Waals surface area (Å²) in [6.45, 7) is 0.0207.